The van der Waals surface area contributed by atoms with Crippen molar-refractivity contribution in [2.24, 2.45) is 11.7 Å². The van der Waals surface area contributed by atoms with E-state index >= 15 is 0 Å². The van der Waals surface area contributed by atoms with Crippen molar-refractivity contribution in [2.45, 2.75) is 65.8 Å². The monoisotopic (exact) mass is 492 g/mol. The van der Waals surface area contributed by atoms with E-state index in [1.165, 1.54) is 6.92 Å². The van der Waals surface area contributed by atoms with Crippen molar-refractivity contribution in [3.05, 3.63) is 0 Å². The summed E-state index contributed by atoms with van der Waals surface area (Å²) in [5, 5.41) is 7.46. The normalized spacial score (nSPS) is 10.1. The summed E-state index contributed by atoms with van der Waals surface area (Å²) in [6.07, 6.45) is 4.53. The third-order valence-electron chi connectivity index (χ3n) is 3.33. The molecule has 0 spiro atoms. The van der Waals surface area contributed by atoms with Gasteiger partial charge in [0.05, 0.1) is 0 Å². The zero-order chi connectivity index (χ0) is 21.2. The molecule has 10 nitrogen and oxygen atoms in total. The predicted molar refractivity (Wildman–Crippen MR) is 106 cm³/mol. The molecule has 1 radical (unpaired) electrons. The molecule has 167 valence electrons. The zero-order valence-corrected chi connectivity index (χ0v) is 20.6. The molecule has 0 aromatic carbocycles. The van der Waals surface area contributed by atoms with Crippen molar-refractivity contribution in [1.29, 1.82) is 0 Å². The van der Waals surface area contributed by atoms with Gasteiger partial charge in [-0.1, -0.05) is 27.3 Å². The standard InChI is InChI=1S/C14H23N2O4.C4H10N2O.H2O.Y/c1-10(2)13(14(20)15-8-9-17)16-12(19)7-5-4-6-11(3)18;1-2-3-6-4(5)7;;/h10,13H,4-8H2,1-3H3,(H,15,20)(H,16,19);2-3H2,1H3,(H3,5,6,7);1H2;/q-1;;;. The number of amides is 4. The maximum Gasteiger partial charge on any atom is 0.312 e. The van der Waals surface area contributed by atoms with Gasteiger partial charge in [0.1, 0.15) is 11.8 Å². The number of hydrogen-bond acceptors (Lipinski definition) is 5. The van der Waals surface area contributed by atoms with E-state index in [2.05, 4.69) is 16.0 Å². The summed E-state index contributed by atoms with van der Waals surface area (Å²) in [6, 6.07) is -1.11. The maximum absolute atomic E-state index is 11.7. The minimum Gasteiger partial charge on any atom is -0.540 e. The third kappa shape index (κ3) is 24.6. The van der Waals surface area contributed by atoms with Gasteiger partial charge in [-0.3, -0.25) is 9.59 Å². The Morgan fingerprint density at radius 3 is 1.97 bits per heavy atom. The second-order valence-corrected chi connectivity index (χ2v) is 6.35. The van der Waals surface area contributed by atoms with Crippen LogP contribution in [0.5, 0.6) is 0 Å². The number of carbonyl (C=O) groups is 4. The van der Waals surface area contributed by atoms with Crippen LogP contribution in [0.1, 0.15) is 59.8 Å². The van der Waals surface area contributed by atoms with Crippen molar-refractivity contribution in [2.75, 3.05) is 13.1 Å². The summed E-state index contributed by atoms with van der Waals surface area (Å²) in [7, 11) is 0. The molecule has 0 saturated heterocycles. The van der Waals surface area contributed by atoms with Gasteiger partial charge in [-0.25, -0.2) is 11.1 Å². The Morgan fingerprint density at radius 1 is 1.03 bits per heavy atom. The minimum absolute atomic E-state index is 0. The number of carbonyl (C=O) groups excluding carboxylic acids is 5. The fourth-order valence-corrected chi connectivity index (χ4v) is 1.92. The largest absolute Gasteiger partial charge is 0.540 e. The molecule has 0 saturated carbocycles. The number of rotatable bonds is 12. The summed E-state index contributed by atoms with van der Waals surface area (Å²) < 4.78 is 0. The first-order chi connectivity index (χ1) is 12.6. The molecule has 7 N–H and O–H groups in total. The van der Waals surface area contributed by atoms with Crippen LogP contribution >= 0.6 is 0 Å². The van der Waals surface area contributed by atoms with E-state index in [-0.39, 0.29) is 74.7 Å². The Bertz CT molecular complexity index is 489. The molecular weight excluding hydrogens is 457 g/mol. The Morgan fingerprint density at radius 2 is 1.59 bits per heavy atom. The van der Waals surface area contributed by atoms with Crippen molar-refractivity contribution in [1.82, 2.24) is 16.0 Å². The summed E-state index contributed by atoms with van der Waals surface area (Å²) in [6.45, 7) is 7.60. The van der Waals surface area contributed by atoms with Crippen LogP contribution in [0.4, 0.5) is 4.79 Å². The molecule has 0 bridgehead atoms. The molecule has 0 heterocycles. The van der Waals surface area contributed by atoms with Crippen LogP contribution in [0.15, 0.2) is 0 Å². The fourth-order valence-electron chi connectivity index (χ4n) is 1.92. The molecule has 11 heteroatoms. The summed E-state index contributed by atoms with van der Waals surface area (Å²) in [5.41, 5.74) is 4.73. The summed E-state index contributed by atoms with van der Waals surface area (Å²) in [4.78, 5) is 54.2. The van der Waals surface area contributed by atoms with E-state index in [4.69, 9.17) is 5.73 Å². The van der Waals surface area contributed by atoms with Crippen molar-refractivity contribution >= 4 is 29.9 Å². The molecule has 0 rings (SSSR count). The first-order valence-electron chi connectivity index (χ1n) is 9.10. The molecule has 1 unspecified atom stereocenters. The van der Waals surface area contributed by atoms with Crippen LogP contribution < -0.4 is 21.7 Å². The van der Waals surface area contributed by atoms with E-state index in [1.54, 1.807) is 6.29 Å². The SMILES string of the molecule is CC(=O)CCCCC(=O)NC(C(=O)NC[C-]=O)C(C)C.CCCNC(N)=O.O.[Y]. The van der Waals surface area contributed by atoms with Crippen LogP contribution in [-0.2, 0) is 51.9 Å². The molecular formula is C18H35N4O6Y-. The second kappa shape index (κ2) is 22.9. The van der Waals surface area contributed by atoms with Crippen LogP contribution in [0.25, 0.3) is 0 Å². The number of hydrogen-bond donors (Lipinski definition) is 4. The number of Topliss-reactive ketones (excluding diaryl/α,β-unsaturated/α-hetero) is 1. The number of unbranched alkanes of at least 4 members (excludes halogenated alkanes) is 1. The van der Waals surface area contributed by atoms with Gasteiger partial charge in [0, 0.05) is 52.1 Å². The number of ketones is 1. The van der Waals surface area contributed by atoms with Gasteiger partial charge in [0.25, 0.3) is 0 Å². The van der Waals surface area contributed by atoms with Gasteiger partial charge in [0.2, 0.25) is 11.8 Å². The smallest absolute Gasteiger partial charge is 0.312 e. The fraction of sp³-hybridized carbons (Fsp3) is 0.722. The molecule has 0 fully saturated rings. The van der Waals surface area contributed by atoms with Gasteiger partial charge < -0.3 is 36.7 Å². The molecule has 29 heavy (non-hydrogen) atoms. The second-order valence-electron chi connectivity index (χ2n) is 6.35. The minimum atomic E-state index is -0.663. The van der Waals surface area contributed by atoms with Gasteiger partial charge in [-0.15, -0.1) is 0 Å². The zero-order valence-electron chi connectivity index (χ0n) is 17.8. The van der Waals surface area contributed by atoms with E-state index in [0.29, 0.717) is 25.8 Å². The quantitative estimate of drug-likeness (QED) is 0.216. The number of nitrogens with two attached hydrogens (primary N) is 1. The van der Waals surface area contributed by atoms with Crippen LogP contribution in [0, 0.1) is 5.92 Å². The van der Waals surface area contributed by atoms with Crippen LogP contribution in [-0.4, -0.2) is 54.5 Å². The van der Waals surface area contributed by atoms with E-state index in [1.807, 2.05) is 20.8 Å². The van der Waals surface area contributed by atoms with E-state index in [0.717, 1.165) is 6.42 Å². The average molecular weight is 492 g/mol. The van der Waals surface area contributed by atoms with Gasteiger partial charge in [-0.05, 0) is 32.1 Å². The predicted octanol–water partition coefficient (Wildman–Crippen LogP) is -0.260. The Labute approximate surface area is 198 Å². The molecule has 0 aliphatic carbocycles. The Hall–Kier alpha value is -1.39. The van der Waals surface area contributed by atoms with E-state index < -0.39 is 12.1 Å². The maximum atomic E-state index is 11.7. The first-order valence-corrected chi connectivity index (χ1v) is 9.10. The molecule has 4 amide bonds. The van der Waals surface area contributed by atoms with Crippen molar-refractivity contribution < 1.29 is 62.2 Å². The molecule has 0 aliphatic heterocycles. The van der Waals surface area contributed by atoms with E-state index in [9.17, 15) is 24.0 Å². The first kappa shape index (κ1) is 35.1. The Balaban J connectivity index is -0.000000298. The molecule has 0 aliphatic rings. The van der Waals surface area contributed by atoms with Gasteiger partial charge >= 0.3 is 6.03 Å². The number of urea groups is 1. The number of primary amides is 1. The number of nitrogens with one attached hydrogen (secondary N) is 3. The average Bonchev–Trinajstić information content (AvgIpc) is 2.59. The van der Waals surface area contributed by atoms with Crippen LogP contribution in [0.3, 0.4) is 0 Å². The van der Waals surface area contributed by atoms with Crippen molar-refractivity contribution in [3.8, 4) is 0 Å². The van der Waals surface area contributed by atoms with Gasteiger partial charge in [-0.2, -0.15) is 0 Å². The van der Waals surface area contributed by atoms with Crippen LogP contribution in [0.2, 0.25) is 0 Å². The van der Waals surface area contributed by atoms with Crippen molar-refractivity contribution in [3.63, 3.8) is 0 Å². The Kier molecular flexibility index (Phi) is 27.7. The molecule has 1 atom stereocenters. The topological polar surface area (TPSA) is 179 Å². The summed E-state index contributed by atoms with van der Waals surface area (Å²) in [5.74, 6) is -0.587. The third-order valence-corrected chi connectivity index (χ3v) is 3.33. The molecule has 0 aromatic rings. The molecule has 0 aromatic heterocycles. The van der Waals surface area contributed by atoms with Gasteiger partial charge in [0.15, 0.2) is 0 Å². The summed E-state index contributed by atoms with van der Waals surface area (Å²) >= 11 is 0.